The Morgan fingerprint density at radius 2 is 1.27 bits per heavy atom. The van der Waals surface area contributed by atoms with Crippen molar-refractivity contribution >= 4 is 55.1 Å². The molecule has 0 fully saturated rings. The molecule has 33 heavy (non-hydrogen) atoms. The standard InChI is InChI=1S/C9H6BrClF4O.C6H3BrClF.C3H4F4O/c10-5-1-2-6(11)7(3-5)16-4-9(14,15)8(12)13;7-4-1-2-5(8)6(9)3-4;4-2(5)3(6,7)1-8/h1-3,8H,4H2;1-3H;2,8H,1H2. The Balaban J connectivity index is 0.000000511. The normalized spacial score (nSPS) is 11.5. The fourth-order valence-corrected chi connectivity index (χ4v) is 2.33. The van der Waals surface area contributed by atoms with Crippen molar-refractivity contribution in [1.29, 1.82) is 0 Å². The highest BCUT2D eigenvalue weighted by Gasteiger charge is 2.42. The van der Waals surface area contributed by atoms with Crippen molar-refractivity contribution in [2.75, 3.05) is 13.2 Å². The van der Waals surface area contributed by atoms with Crippen molar-refractivity contribution < 1.29 is 49.4 Å². The summed E-state index contributed by atoms with van der Waals surface area (Å²) in [5, 5.41) is 7.76. The molecule has 0 saturated heterocycles. The van der Waals surface area contributed by atoms with Crippen molar-refractivity contribution in [2.24, 2.45) is 0 Å². The molecule has 0 aromatic heterocycles. The van der Waals surface area contributed by atoms with Gasteiger partial charge in [0.2, 0.25) is 0 Å². The van der Waals surface area contributed by atoms with E-state index >= 15 is 0 Å². The van der Waals surface area contributed by atoms with Gasteiger partial charge in [0.1, 0.15) is 18.2 Å². The van der Waals surface area contributed by atoms with Crippen LogP contribution in [0, 0.1) is 5.82 Å². The Hall–Kier alpha value is -0.890. The number of hydrogen-bond donors (Lipinski definition) is 1. The predicted octanol–water partition coefficient (Wildman–Crippen LogP) is 8.50. The van der Waals surface area contributed by atoms with E-state index in [2.05, 4.69) is 36.6 Å². The topological polar surface area (TPSA) is 29.5 Å². The molecule has 0 saturated carbocycles. The zero-order valence-electron chi connectivity index (χ0n) is 15.8. The second kappa shape index (κ2) is 14.5. The number of benzene rings is 2. The van der Waals surface area contributed by atoms with Crippen LogP contribution in [0.4, 0.5) is 39.5 Å². The molecule has 0 unspecified atom stereocenters. The molecule has 0 radical (unpaired) electrons. The summed E-state index contributed by atoms with van der Waals surface area (Å²) < 4.78 is 111. The maximum Gasteiger partial charge on any atom is 0.340 e. The van der Waals surface area contributed by atoms with Crippen LogP contribution in [0.2, 0.25) is 10.0 Å². The van der Waals surface area contributed by atoms with Gasteiger partial charge in [-0.1, -0.05) is 55.1 Å². The van der Waals surface area contributed by atoms with Crippen molar-refractivity contribution in [3.05, 3.63) is 61.2 Å². The Morgan fingerprint density at radius 1 is 0.818 bits per heavy atom. The molecule has 0 bridgehead atoms. The smallest absolute Gasteiger partial charge is 0.340 e. The van der Waals surface area contributed by atoms with Gasteiger partial charge in [-0.05, 0) is 36.4 Å². The van der Waals surface area contributed by atoms with E-state index in [1.54, 1.807) is 12.1 Å². The van der Waals surface area contributed by atoms with Crippen LogP contribution in [0.25, 0.3) is 0 Å². The Morgan fingerprint density at radius 3 is 1.64 bits per heavy atom. The molecule has 1 N–H and O–H groups in total. The van der Waals surface area contributed by atoms with Gasteiger partial charge in [0.25, 0.3) is 0 Å². The van der Waals surface area contributed by atoms with E-state index in [0.29, 0.717) is 8.95 Å². The van der Waals surface area contributed by atoms with Gasteiger partial charge in [-0.3, -0.25) is 0 Å². The number of aliphatic hydroxyl groups excluding tert-OH is 1. The van der Waals surface area contributed by atoms with E-state index < -0.39 is 43.7 Å². The minimum Gasteiger partial charge on any atom is -0.485 e. The first kappa shape index (κ1) is 32.1. The number of halogens is 13. The predicted molar refractivity (Wildman–Crippen MR) is 113 cm³/mol. The minimum absolute atomic E-state index is 0.0728. The summed E-state index contributed by atoms with van der Waals surface area (Å²) in [4.78, 5) is 0. The molecule has 0 aliphatic carbocycles. The van der Waals surface area contributed by atoms with Gasteiger partial charge >= 0.3 is 24.7 Å². The zero-order valence-corrected chi connectivity index (χ0v) is 20.5. The first-order valence-corrected chi connectivity index (χ1v) is 10.5. The molecule has 0 amide bonds. The number of aliphatic hydroxyl groups is 1. The molecular formula is C18H13Br2Cl2F9O2. The molecule has 0 spiro atoms. The van der Waals surface area contributed by atoms with E-state index in [1.807, 2.05) is 0 Å². The van der Waals surface area contributed by atoms with Crippen LogP contribution in [0.15, 0.2) is 45.3 Å². The maximum atomic E-state index is 12.5. The molecule has 15 heteroatoms. The van der Waals surface area contributed by atoms with E-state index in [-0.39, 0.29) is 15.8 Å². The molecule has 188 valence electrons. The number of ether oxygens (including phenoxy) is 1. The van der Waals surface area contributed by atoms with Crippen LogP contribution in [0.1, 0.15) is 0 Å². The zero-order chi connectivity index (χ0) is 26.0. The van der Waals surface area contributed by atoms with Gasteiger partial charge < -0.3 is 9.84 Å². The fourth-order valence-electron chi connectivity index (χ4n) is 1.36. The number of rotatable bonds is 6. The second-order valence-corrected chi connectivity index (χ2v) is 8.35. The lowest BCUT2D eigenvalue weighted by molar-refractivity contribution is -0.153. The van der Waals surface area contributed by atoms with Gasteiger partial charge in [-0.2, -0.15) is 17.6 Å². The summed E-state index contributed by atoms with van der Waals surface area (Å²) in [5.41, 5.74) is 0. The molecule has 0 atom stereocenters. The van der Waals surface area contributed by atoms with Gasteiger partial charge in [0.15, 0.2) is 6.61 Å². The average molecular weight is 663 g/mol. The van der Waals surface area contributed by atoms with Gasteiger partial charge in [-0.25, -0.2) is 22.0 Å². The Kier molecular flexibility index (Phi) is 14.1. The Bertz CT molecular complexity index is 875. The van der Waals surface area contributed by atoms with Crippen LogP contribution in [-0.4, -0.2) is 43.0 Å². The van der Waals surface area contributed by atoms with E-state index in [0.717, 1.165) is 0 Å². The van der Waals surface area contributed by atoms with Crippen molar-refractivity contribution in [2.45, 2.75) is 24.7 Å². The summed E-state index contributed by atoms with van der Waals surface area (Å²) in [6, 6.07) is 8.81. The van der Waals surface area contributed by atoms with Crippen LogP contribution >= 0.6 is 55.1 Å². The molecule has 0 heterocycles. The average Bonchev–Trinajstić information content (AvgIpc) is 2.72. The van der Waals surface area contributed by atoms with Crippen LogP contribution in [0.5, 0.6) is 5.75 Å². The molecule has 0 aliphatic rings. The third-order valence-electron chi connectivity index (χ3n) is 3.04. The molecule has 2 aromatic rings. The molecule has 2 rings (SSSR count). The summed E-state index contributed by atoms with van der Waals surface area (Å²) >= 11 is 17.2. The van der Waals surface area contributed by atoms with E-state index in [1.165, 1.54) is 24.3 Å². The van der Waals surface area contributed by atoms with Crippen LogP contribution < -0.4 is 4.74 Å². The van der Waals surface area contributed by atoms with Crippen molar-refractivity contribution in [1.82, 2.24) is 0 Å². The summed E-state index contributed by atoms with van der Waals surface area (Å²) in [5.74, 6) is -8.89. The number of hydrogen-bond acceptors (Lipinski definition) is 2. The molecule has 0 aliphatic heterocycles. The molecule has 2 aromatic carbocycles. The highest BCUT2D eigenvalue weighted by Crippen LogP contribution is 2.30. The maximum absolute atomic E-state index is 12.5. The third-order valence-corrected chi connectivity index (χ3v) is 4.65. The minimum atomic E-state index is -4.24. The second-order valence-electron chi connectivity index (χ2n) is 5.70. The fraction of sp³-hybridized carbons (Fsp3) is 0.333. The summed E-state index contributed by atoms with van der Waals surface area (Å²) in [7, 11) is 0. The van der Waals surface area contributed by atoms with Gasteiger partial charge in [-0.15, -0.1) is 0 Å². The van der Waals surface area contributed by atoms with E-state index in [9.17, 15) is 39.5 Å². The SMILES string of the molecule is FC(F)C(F)(F)COc1cc(Br)ccc1Cl.Fc1cc(Br)ccc1Cl.OCC(F)(F)C(F)F. The number of alkyl halides is 8. The van der Waals surface area contributed by atoms with Gasteiger partial charge in [0.05, 0.1) is 10.0 Å². The van der Waals surface area contributed by atoms with Crippen molar-refractivity contribution in [3.63, 3.8) is 0 Å². The highest BCUT2D eigenvalue weighted by atomic mass is 79.9. The molecule has 2 nitrogen and oxygen atoms in total. The molecular weight excluding hydrogens is 650 g/mol. The largest absolute Gasteiger partial charge is 0.485 e. The lowest BCUT2D eigenvalue weighted by atomic mass is 10.3. The lowest BCUT2D eigenvalue weighted by Crippen LogP contribution is -2.33. The Labute approximate surface area is 208 Å². The highest BCUT2D eigenvalue weighted by molar-refractivity contribution is 9.10. The summed E-state index contributed by atoms with van der Waals surface area (Å²) in [6.07, 6.45) is -7.54. The third kappa shape index (κ3) is 12.4. The first-order chi connectivity index (χ1) is 15.0. The lowest BCUT2D eigenvalue weighted by Gasteiger charge is -2.16. The summed E-state index contributed by atoms with van der Waals surface area (Å²) in [6.45, 7) is -3.22. The van der Waals surface area contributed by atoms with Gasteiger partial charge in [0, 0.05) is 8.95 Å². The van der Waals surface area contributed by atoms with Crippen molar-refractivity contribution in [3.8, 4) is 5.75 Å². The van der Waals surface area contributed by atoms with Crippen LogP contribution in [-0.2, 0) is 0 Å². The van der Waals surface area contributed by atoms with E-state index in [4.69, 9.17) is 28.3 Å². The van der Waals surface area contributed by atoms with Crippen LogP contribution in [0.3, 0.4) is 0 Å². The quantitative estimate of drug-likeness (QED) is 0.248. The monoisotopic (exact) mass is 660 g/mol. The first-order valence-electron chi connectivity index (χ1n) is 8.14.